The van der Waals surface area contributed by atoms with E-state index in [1.807, 2.05) is 6.92 Å². The van der Waals surface area contributed by atoms with Gasteiger partial charge in [0, 0.05) is 18.5 Å². The van der Waals surface area contributed by atoms with Crippen LogP contribution in [0.15, 0.2) is 18.2 Å². The van der Waals surface area contributed by atoms with Gasteiger partial charge >= 0.3 is 0 Å². The van der Waals surface area contributed by atoms with Gasteiger partial charge in [0.2, 0.25) is 0 Å². The summed E-state index contributed by atoms with van der Waals surface area (Å²) in [5.41, 5.74) is 7.93. The highest BCUT2D eigenvalue weighted by molar-refractivity contribution is 5.26. The first-order chi connectivity index (χ1) is 8.60. The van der Waals surface area contributed by atoms with Crippen molar-refractivity contribution in [3.05, 3.63) is 52.6 Å². The number of nitrogens with zero attached hydrogens (tertiary/aromatic N) is 1. The molecule has 0 saturated carbocycles. The number of imidazole rings is 1. The van der Waals surface area contributed by atoms with Gasteiger partial charge in [0.15, 0.2) is 11.6 Å². The lowest BCUT2D eigenvalue weighted by Gasteiger charge is -2.00. The Hall–Kier alpha value is -1.75. The average molecular weight is 251 g/mol. The molecule has 0 radical (unpaired) electrons. The number of aromatic nitrogens is 2. The molecule has 1 aromatic heterocycles. The Kier molecular flexibility index (Phi) is 3.72. The fourth-order valence-corrected chi connectivity index (χ4v) is 1.83. The van der Waals surface area contributed by atoms with Crippen LogP contribution < -0.4 is 5.73 Å². The number of nitrogens with two attached hydrogens (primary N) is 1. The van der Waals surface area contributed by atoms with E-state index in [4.69, 9.17) is 5.73 Å². The third kappa shape index (κ3) is 2.73. The molecule has 0 amide bonds. The summed E-state index contributed by atoms with van der Waals surface area (Å²) in [5.74, 6) is -0.836. The van der Waals surface area contributed by atoms with Crippen LogP contribution in [0.4, 0.5) is 8.78 Å². The summed E-state index contributed by atoms with van der Waals surface area (Å²) in [6.07, 6.45) is 1.16. The molecule has 3 N–H and O–H groups in total. The minimum absolute atomic E-state index is 0.476. The Balaban J connectivity index is 2.20. The van der Waals surface area contributed by atoms with Gasteiger partial charge < -0.3 is 10.7 Å². The van der Waals surface area contributed by atoms with Crippen LogP contribution in [0.3, 0.4) is 0 Å². The molecule has 0 bridgehead atoms. The van der Waals surface area contributed by atoms with E-state index in [1.165, 1.54) is 6.07 Å². The minimum atomic E-state index is -0.832. The molecular weight excluding hydrogens is 236 g/mol. The summed E-state index contributed by atoms with van der Waals surface area (Å²) in [7, 11) is 0. The Morgan fingerprint density at radius 1 is 1.28 bits per heavy atom. The number of nitrogens with one attached hydrogen (secondary N) is 1. The van der Waals surface area contributed by atoms with Gasteiger partial charge in [-0.05, 0) is 31.2 Å². The van der Waals surface area contributed by atoms with Crippen LogP contribution in [0.2, 0.25) is 0 Å². The van der Waals surface area contributed by atoms with Gasteiger partial charge in [-0.15, -0.1) is 0 Å². The quantitative estimate of drug-likeness (QED) is 0.874. The standard InChI is InChI=1S/C13H15F2N3/c1-8-12(18-13(17-8)4-5-16)7-9-2-3-10(14)11(15)6-9/h2-3,6H,4-5,7,16H2,1H3,(H,17,18). The first kappa shape index (κ1) is 12.7. The van der Waals surface area contributed by atoms with E-state index < -0.39 is 11.6 Å². The number of aromatic amines is 1. The van der Waals surface area contributed by atoms with Crippen molar-refractivity contribution in [1.82, 2.24) is 9.97 Å². The van der Waals surface area contributed by atoms with Gasteiger partial charge in [-0.3, -0.25) is 0 Å². The number of hydrogen-bond donors (Lipinski definition) is 2. The highest BCUT2D eigenvalue weighted by atomic mass is 19.2. The first-order valence-corrected chi connectivity index (χ1v) is 5.78. The number of H-pyrrole nitrogens is 1. The molecule has 0 aliphatic rings. The minimum Gasteiger partial charge on any atom is -0.346 e. The number of benzene rings is 1. The molecule has 0 aliphatic heterocycles. The predicted molar refractivity (Wildman–Crippen MR) is 65.2 cm³/mol. The molecule has 2 aromatic rings. The molecule has 96 valence electrons. The van der Waals surface area contributed by atoms with Crippen molar-refractivity contribution in [2.75, 3.05) is 6.54 Å². The number of aryl methyl sites for hydroxylation is 1. The van der Waals surface area contributed by atoms with E-state index in [-0.39, 0.29) is 0 Å². The normalized spacial score (nSPS) is 10.9. The Morgan fingerprint density at radius 2 is 2.06 bits per heavy atom. The van der Waals surface area contributed by atoms with Gasteiger partial charge in [0.05, 0.1) is 5.69 Å². The number of hydrogen-bond acceptors (Lipinski definition) is 2. The van der Waals surface area contributed by atoms with Crippen LogP contribution in [-0.4, -0.2) is 16.5 Å². The van der Waals surface area contributed by atoms with Gasteiger partial charge in [-0.1, -0.05) is 6.07 Å². The maximum Gasteiger partial charge on any atom is 0.159 e. The molecule has 0 saturated heterocycles. The fourth-order valence-electron chi connectivity index (χ4n) is 1.83. The summed E-state index contributed by atoms with van der Waals surface area (Å²) >= 11 is 0. The van der Waals surface area contributed by atoms with E-state index in [1.54, 1.807) is 6.07 Å². The van der Waals surface area contributed by atoms with E-state index in [0.717, 1.165) is 23.3 Å². The van der Waals surface area contributed by atoms with Crippen molar-refractivity contribution in [2.45, 2.75) is 19.8 Å². The predicted octanol–water partition coefficient (Wildman–Crippen LogP) is 2.09. The molecular formula is C13H15F2N3. The van der Waals surface area contributed by atoms with E-state index in [0.29, 0.717) is 24.9 Å². The Labute approximate surface area is 104 Å². The van der Waals surface area contributed by atoms with Crippen molar-refractivity contribution < 1.29 is 8.78 Å². The van der Waals surface area contributed by atoms with Gasteiger partial charge in [0.25, 0.3) is 0 Å². The second-order valence-electron chi connectivity index (χ2n) is 4.22. The largest absolute Gasteiger partial charge is 0.346 e. The van der Waals surface area contributed by atoms with Gasteiger partial charge in [-0.2, -0.15) is 0 Å². The highest BCUT2D eigenvalue weighted by Crippen LogP contribution is 2.15. The molecule has 0 fully saturated rings. The molecule has 1 aromatic carbocycles. The lowest BCUT2D eigenvalue weighted by molar-refractivity contribution is 0.507. The van der Waals surface area contributed by atoms with Gasteiger partial charge in [-0.25, -0.2) is 13.8 Å². The molecule has 0 atom stereocenters. The van der Waals surface area contributed by atoms with Crippen LogP contribution in [0.5, 0.6) is 0 Å². The molecule has 2 rings (SSSR count). The Bertz CT molecular complexity index is 549. The van der Waals surface area contributed by atoms with Crippen LogP contribution in [-0.2, 0) is 12.8 Å². The molecule has 3 nitrogen and oxygen atoms in total. The monoisotopic (exact) mass is 251 g/mol. The SMILES string of the molecule is Cc1[nH]c(CCN)nc1Cc1ccc(F)c(F)c1. The summed E-state index contributed by atoms with van der Waals surface area (Å²) in [5, 5.41) is 0. The molecule has 0 unspecified atom stereocenters. The zero-order chi connectivity index (χ0) is 13.1. The van der Waals surface area contributed by atoms with Crippen molar-refractivity contribution in [2.24, 2.45) is 5.73 Å². The summed E-state index contributed by atoms with van der Waals surface area (Å²) in [6.45, 7) is 2.43. The third-order valence-electron chi connectivity index (χ3n) is 2.77. The number of halogens is 2. The van der Waals surface area contributed by atoms with Gasteiger partial charge in [0.1, 0.15) is 5.82 Å². The Morgan fingerprint density at radius 3 is 2.72 bits per heavy atom. The summed E-state index contributed by atoms with van der Waals surface area (Å²) < 4.78 is 25.9. The zero-order valence-electron chi connectivity index (χ0n) is 10.1. The topological polar surface area (TPSA) is 54.7 Å². The smallest absolute Gasteiger partial charge is 0.159 e. The van der Waals surface area contributed by atoms with Crippen molar-refractivity contribution in [3.63, 3.8) is 0 Å². The lowest BCUT2D eigenvalue weighted by atomic mass is 10.1. The molecule has 18 heavy (non-hydrogen) atoms. The maximum absolute atomic E-state index is 13.1. The molecule has 0 aliphatic carbocycles. The van der Waals surface area contributed by atoms with Crippen molar-refractivity contribution in [3.8, 4) is 0 Å². The van der Waals surface area contributed by atoms with E-state index in [9.17, 15) is 8.78 Å². The van der Waals surface area contributed by atoms with E-state index in [2.05, 4.69) is 9.97 Å². The molecule has 0 spiro atoms. The summed E-state index contributed by atoms with van der Waals surface area (Å²) in [6, 6.07) is 3.90. The van der Waals surface area contributed by atoms with Crippen molar-refractivity contribution in [1.29, 1.82) is 0 Å². The molecule has 5 heteroatoms. The van der Waals surface area contributed by atoms with Crippen LogP contribution in [0.1, 0.15) is 22.8 Å². The fraction of sp³-hybridized carbons (Fsp3) is 0.308. The van der Waals surface area contributed by atoms with Crippen LogP contribution in [0, 0.1) is 18.6 Å². The molecule has 1 heterocycles. The van der Waals surface area contributed by atoms with Crippen LogP contribution in [0.25, 0.3) is 0 Å². The second-order valence-corrected chi connectivity index (χ2v) is 4.22. The van der Waals surface area contributed by atoms with Crippen molar-refractivity contribution >= 4 is 0 Å². The zero-order valence-corrected chi connectivity index (χ0v) is 10.1. The van der Waals surface area contributed by atoms with Crippen LogP contribution >= 0.6 is 0 Å². The maximum atomic E-state index is 13.1. The third-order valence-corrected chi connectivity index (χ3v) is 2.77. The number of rotatable bonds is 4. The van der Waals surface area contributed by atoms with E-state index >= 15 is 0 Å². The average Bonchev–Trinajstić information content (AvgIpc) is 2.65. The second kappa shape index (κ2) is 5.27. The summed E-state index contributed by atoms with van der Waals surface area (Å²) in [4.78, 5) is 7.53. The lowest BCUT2D eigenvalue weighted by Crippen LogP contribution is -2.04. The first-order valence-electron chi connectivity index (χ1n) is 5.78. The highest BCUT2D eigenvalue weighted by Gasteiger charge is 2.09.